The molecule has 0 aliphatic heterocycles. The summed E-state index contributed by atoms with van der Waals surface area (Å²) in [5, 5.41) is 7.68. The number of fused-ring (bicyclic) bond motifs is 1. The van der Waals surface area contributed by atoms with E-state index in [2.05, 4.69) is 10.6 Å². The molecule has 35 heavy (non-hydrogen) atoms. The number of nitrogens with two attached hydrogens (primary N) is 1. The molecular weight excluding hydrogens is 442 g/mol. The van der Waals surface area contributed by atoms with E-state index in [1.165, 1.54) is 0 Å². The van der Waals surface area contributed by atoms with Gasteiger partial charge in [0.05, 0.1) is 0 Å². The zero-order valence-corrected chi connectivity index (χ0v) is 20.0. The lowest BCUT2D eigenvalue weighted by Gasteiger charge is -2.24. The number of benzene rings is 3. The fraction of sp³-hybridized carbons (Fsp3) is 0.321. The van der Waals surface area contributed by atoms with Crippen LogP contribution in [0.3, 0.4) is 0 Å². The average Bonchev–Trinajstić information content (AvgIpc) is 3.57. The molecule has 3 aromatic carbocycles. The molecular formula is C28H31N3O4. The van der Waals surface area contributed by atoms with Crippen LogP contribution >= 0.6 is 0 Å². The number of hydrogen-bond acceptors (Lipinski definition) is 4. The molecule has 0 aromatic heterocycles. The first-order chi connectivity index (χ1) is 16.8. The number of carbonyl (C=O) groups excluding carboxylic acids is 3. The van der Waals surface area contributed by atoms with Gasteiger partial charge in [0.25, 0.3) is 0 Å². The Bertz CT molecular complexity index is 1220. The second-order valence-electron chi connectivity index (χ2n) is 9.54. The highest BCUT2D eigenvalue weighted by Gasteiger charge is 2.62. The van der Waals surface area contributed by atoms with Gasteiger partial charge in [0.15, 0.2) is 0 Å². The first-order valence-corrected chi connectivity index (χ1v) is 11.9. The summed E-state index contributed by atoms with van der Waals surface area (Å²) in [4.78, 5) is 38.4. The van der Waals surface area contributed by atoms with Crippen LogP contribution in [0.25, 0.3) is 10.8 Å². The van der Waals surface area contributed by atoms with Crippen molar-refractivity contribution in [2.24, 2.45) is 11.7 Å². The van der Waals surface area contributed by atoms with E-state index < -0.39 is 29.5 Å². The van der Waals surface area contributed by atoms with Crippen molar-refractivity contribution in [3.63, 3.8) is 0 Å². The van der Waals surface area contributed by atoms with Crippen molar-refractivity contribution in [1.82, 2.24) is 10.6 Å². The molecule has 7 heteroatoms. The van der Waals surface area contributed by atoms with E-state index in [0.717, 1.165) is 21.9 Å². The highest BCUT2D eigenvalue weighted by Crippen LogP contribution is 2.53. The Balaban J connectivity index is 1.59. The molecule has 1 unspecified atom stereocenters. The summed E-state index contributed by atoms with van der Waals surface area (Å²) in [6.45, 7) is 3.99. The van der Waals surface area contributed by atoms with Crippen LogP contribution in [0.15, 0.2) is 72.8 Å². The highest BCUT2D eigenvalue weighted by molar-refractivity contribution is 5.99. The fourth-order valence-corrected chi connectivity index (χ4v) is 4.58. The lowest BCUT2D eigenvalue weighted by molar-refractivity contribution is -0.129. The van der Waals surface area contributed by atoms with Crippen LogP contribution in [0.5, 0.6) is 0 Å². The van der Waals surface area contributed by atoms with Gasteiger partial charge < -0.3 is 21.1 Å². The lowest BCUT2D eigenvalue weighted by atomic mass is 9.97. The molecule has 3 amide bonds. The summed E-state index contributed by atoms with van der Waals surface area (Å²) in [7, 11) is 0. The van der Waals surface area contributed by atoms with Crippen molar-refractivity contribution in [2.45, 2.75) is 50.8 Å². The minimum atomic E-state index is -1.23. The summed E-state index contributed by atoms with van der Waals surface area (Å²) in [6.07, 6.45) is 0.112. The van der Waals surface area contributed by atoms with E-state index in [1.807, 2.05) is 86.6 Å². The Labute approximate surface area is 205 Å². The zero-order chi connectivity index (χ0) is 25.0. The molecule has 0 radical (unpaired) electrons. The largest absolute Gasteiger partial charge is 0.445 e. The zero-order valence-electron chi connectivity index (χ0n) is 20.0. The summed E-state index contributed by atoms with van der Waals surface area (Å²) >= 11 is 0. The minimum absolute atomic E-state index is 0.0839. The molecule has 4 N–H and O–H groups in total. The van der Waals surface area contributed by atoms with Gasteiger partial charge >= 0.3 is 6.09 Å². The van der Waals surface area contributed by atoms with Crippen LogP contribution < -0.4 is 16.4 Å². The second kappa shape index (κ2) is 10.2. The Hall–Kier alpha value is -3.87. The van der Waals surface area contributed by atoms with E-state index in [0.29, 0.717) is 12.8 Å². The van der Waals surface area contributed by atoms with Gasteiger partial charge in [-0.25, -0.2) is 4.79 Å². The number of primary amides is 1. The van der Waals surface area contributed by atoms with E-state index in [-0.39, 0.29) is 18.4 Å². The lowest BCUT2D eigenvalue weighted by Crippen LogP contribution is -2.55. The third-order valence-electron chi connectivity index (χ3n) is 6.46. The van der Waals surface area contributed by atoms with Crippen molar-refractivity contribution in [1.29, 1.82) is 0 Å². The smallest absolute Gasteiger partial charge is 0.408 e. The summed E-state index contributed by atoms with van der Waals surface area (Å²) in [6, 6.07) is 22.3. The Kier molecular flexibility index (Phi) is 7.05. The maximum atomic E-state index is 13.6. The fourth-order valence-electron chi connectivity index (χ4n) is 4.58. The predicted octanol–water partition coefficient (Wildman–Crippen LogP) is 4.01. The molecule has 1 aliphatic carbocycles. The van der Waals surface area contributed by atoms with Gasteiger partial charge in [-0.2, -0.15) is 0 Å². The molecule has 0 spiro atoms. The van der Waals surface area contributed by atoms with E-state index in [1.54, 1.807) is 0 Å². The minimum Gasteiger partial charge on any atom is -0.445 e. The standard InChI is InChI=1S/C28H31N3O4/c1-18(2)15-24(25(29)32)30-26(33)28(31-27(34)35-17-19-9-4-3-5-10-19)16-23(28)22-14-8-12-20-11-6-7-13-21(20)22/h3-14,18,23-24H,15-17H2,1-2H3,(H2,29,32)(H,30,33)(H,31,34)/t23-,24-,28?/m0/s1. The molecule has 1 saturated carbocycles. The molecule has 0 saturated heterocycles. The maximum Gasteiger partial charge on any atom is 0.408 e. The number of rotatable bonds is 9. The molecule has 1 fully saturated rings. The molecule has 182 valence electrons. The Morgan fingerprint density at radius 1 is 1.00 bits per heavy atom. The predicted molar refractivity (Wildman–Crippen MR) is 134 cm³/mol. The van der Waals surface area contributed by atoms with Crippen LogP contribution in [-0.4, -0.2) is 29.5 Å². The summed E-state index contributed by atoms with van der Waals surface area (Å²) in [5.41, 5.74) is 6.13. The molecule has 4 rings (SSSR count). The third-order valence-corrected chi connectivity index (χ3v) is 6.46. The molecule has 7 nitrogen and oxygen atoms in total. The van der Waals surface area contributed by atoms with Crippen LogP contribution in [0.4, 0.5) is 4.79 Å². The first kappa shape index (κ1) is 24.3. The SMILES string of the molecule is CC(C)C[C@H](NC(=O)C1(NC(=O)OCc2ccccc2)C[C@H]1c1cccc2ccccc12)C(N)=O. The van der Waals surface area contributed by atoms with Gasteiger partial charge in [-0.15, -0.1) is 0 Å². The summed E-state index contributed by atoms with van der Waals surface area (Å²) < 4.78 is 5.42. The van der Waals surface area contributed by atoms with Crippen molar-refractivity contribution in [2.75, 3.05) is 0 Å². The monoisotopic (exact) mass is 473 g/mol. The Morgan fingerprint density at radius 3 is 2.40 bits per heavy atom. The normalized spacial score (nSPS) is 19.7. The summed E-state index contributed by atoms with van der Waals surface area (Å²) in [5.74, 6) is -1.15. The van der Waals surface area contributed by atoms with Gasteiger partial charge in [-0.3, -0.25) is 9.59 Å². The quantitative estimate of drug-likeness (QED) is 0.436. The van der Waals surface area contributed by atoms with Gasteiger partial charge in [0, 0.05) is 5.92 Å². The van der Waals surface area contributed by atoms with Crippen LogP contribution in [-0.2, 0) is 20.9 Å². The highest BCUT2D eigenvalue weighted by atomic mass is 16.5. The second-order valence-corrected chi connectivity index (χ2v) is 9.54. The number of ether oxygens (including phenoxy) is 1. The van der Waals surface area contributed by atoms with Crippen LogP contribution in [0.1, 0.15) is 43.7 Å². The number of hydrogen-bond donors (Lipinski definition) is 3. The number of carbonyl (C=O) groups is 3. The molecule has 0 heterocycles. The maximum absolute atomic E-state index is 13.6. The van der Waals surface area contributed by atoms with Gasteiger partial charge in [-0.1, -0.05) is 86.6 Å². The first-order valence-electron chi connectivity index (χ1n) is 11.9. The van der Waals surface area contributed by atoms with Gasteiger partial charge in [0.2, 0.25) is 11.8 Å². The molecule has 0 bridgehead atoms. The van der Waals surface area contributed by atoms with E-state index >= 15 is 0 Å². The van der Waals surface area contributed by atoms with Crippen molar-refractivity contribution < 1.29 is 19.1 Å². The van der Waals surface area contributed by atoms with Gasteiger partial charge in [0.1, 0.15) is 18.2 Å². The topological polar surface area (TPSA) is 111 Å². The molecule has 1 aliphatic rings. The van der Waals surface area contributed by atoms with Crippen molar-refractivity contribution >= 4 is 28.7 Å². The van der Waals surface area contributed by atoms with Gasteiger partial charge in [-0.05, 0) is 40.7 Å². The van der Waals surface area contributed by atoms with E-state index in [9.17, 15) is 14.4 Å². The van der Waals surface area contributed by atoms with Crippen molar-refractivity contribution in [3.05, 3.63) is 83.9 Å². The number of nitrogens with one attached hydrogen (secondary N) is 2. The molecule has 3 atom stereocenters. The van der Waals surface area contributed by atoms with Crippen molar-refractivity contribution in [3.8, 4) is 0 Å². The molecule has 3 aromatic rings. The third kappa shape index (κ3) is 5.45. The number of alkyl carbamates (subject to hydrolysis) is 1. The Morgan fingerprint density at radius 2 is 1.69 bits per heavy atom. The van der Waals surface area contributed by atoms with Crippen LogP contribution in [0, 0.1) is 5.92 Å². The average molecular weight is 474 g/mol. The van der Waals surface area contributed by atoms with E-state index in [4.69, 9.17) is 10.5 Å². The van der Waals surface area contributed by atoms with Crippen LogP contribution in [0.2, 0.25) is 0 Å². The number of amides is 3.